The van der Waals surface area contributed by atoms with Crippen LogP contribution in [-0.4, -0.2) is 32.3 Å². The van der Waals surface area contributed by atoms with E-state index >= 15 is 0 Å². The summed E-state index contributed by atoms with van der Waals surface area (Å²) in [5.74, 6) is 0. The van der Waals surface area contributed by atoms with Crippen molar-refractivity contribution in [3.8, 4) is 0 Å². The van der Waals surface area contributed by atoms with E-state index in [9.17, 15) is 0 Å². The summed E-state index contributed by atoms with van der Waals surface area (Å²) in [6.45, 7) is 20.6. The van der Waals surface area contributed by atoms with E-state index in [1.165, 1.54) is 64.2 Å². The first-order chi connectivity index (χ1) is 14.2. The van der Waals surface area contributed by atoms with E-state index in [0.717, 1.165) is 12.8 Å². The minimum absolute atomic E-state index is 0.146. The fraction of sp³-hybridized carbons (Fsp3) is 0.852. The van der Waals surface area contributed by atoms with E-state index in [0.29, 0.717) is 0 Å². The fourth-order valence-corrected chi connectivity index (χ4v) is 20.5. The molecule has 0 aromatic carbocycles. The molecule has 0 aromatic rings. The van der Waals surface area contributed by atoms with Crippen LogP contribution in [0.1, 0.15) is 105 Å². The third kappa shape index (κ3) is 13.8. The number of hydrogen-bond acceptors (Lipinski definition) is 1. The zero-order valence-corrected chi connectivity index (χ0v) is 25.8. The molecule has 0 saturated heterocycles. The Morgan fingerprint density at radius 2 is 1.27 bits per heavy atom. The summed E-state index contributed by atoms with van der Waals surface area (Å²) in [6, 6.07) is 0. The maximum atomic E-state index is 6.81. The van der Waals surface area contributed by atoms with Gasteiger partial charge in [-0.25, -0.2) is 0 Å². The van der Waals surface area contributed by atoms with E-state index in [1.54, 1.807) is 13.3 Å². The van der Waals surface area contributed by atoms with Crippen LogP contribution in [0.3, 0.4) is 0 Å². The van der Waals surface area contributed by atoms with Crippen LogP contribution in [-0.2, 0) is 4.43 Å². The van der Waals surface area contributed by atoms with Crippen LogP contribution in [0.2, 0.25) is 33.0 Å². The van der Waals surface area contributed by atoms with Gasteiger partial charge in [0, 0.05) is 0 Å². The summed E-state index contributed by atoms with van der Waals surface area (Å²) < 4.78 is 14.3. The van der Waals surface area contributed by atoms with Gasteiger partial charge < -0.3 is 0 Å². The normalized spacial score (nSPS) is 14.9. The quantitative estimate of drug-likeness (QED) is 0.0843. The number of hydrogen-bond donors (Lipinski definition) is 0. The predicted molar refractivity (Wildman–Crippen MR) is 145 cm³/mol. The molecule has 1 unspecified atom stereocenters. The molecule has 0 saturated carbocycles. The molecule has 0 radical (unpaired) electrons. The Morgan fingerprint density at radius 3 is 1.67 bits per heavy atom. The third-order valence-corrected chi connectivity index (χ3v) is 21.6. The molecular formula is C27H56OSiSn. The average molecular weight is 544 g/mol. The molecule has 0 rings (SSSR count). The maximum absolute atomic E-state index is 6.81. The molecule has 0 spiro atoms. The van der Waals surface area contributed by atoms with Crippen LogP contribution in [0.4, 0.5) is 0 Å². The molecule has 178 valence electrons. The van der Waals surface area contributed by atoms with Gasteiger partial charge in [0.1, 0.15) is 0 Å². The summed E-state index contributed by atoms with van der Waals surface area (Å²) in [7, 11) is -1.63. The van der Waals surface area contributed by atoms with Crippen molar-refractivity contribution in [3.05, 3.63) is 22.8 Å². The Morgan fingerprint density at radius 1 is 0.767 bits per heavy atom. The zero-order valence-electron chi connectivity index (χ0n) is 22.0. The topological polar surface area (TPSA) is 9.23 Å². The molecule has 0 aliphatic heterocycles. The molecule has 0 heterocycles. The van der Waals surface area contributed by atoms with Crippen molar-refractivity contribution >= 4 is 26.7 Å². The summed E-state index contributed by atoms with van der Waals surface area (Å²) in [4.78, 5) is 0. The van der Waals surface area contributed by atoms with Crippen molar-refractivity contribution in [2.75, 3.05) is 0 Å². The van der Waals surface area contributed by atoms with Gasteiger partial charge in [0.05, 0.1) is 0 Å². The zero-order chi connectivity index (χ0) is 22.9. The first-order valence-electron chi connectivity index (χ1n) is 13.2. The Bertz CT molecular complexity index is 432. The average Bonchev–Trinajstić information content (AvgIpc) is 2.70. The Hall–Kier alpha value is 0.456. The molecule has 0 N–H and O–H groups in total. The Balaban J connectivity index is 5.53. The van der Waals surface area contributed by atoms with E-state index in [4.69, 9.17) is 4.43 Å². The molecule has 0 aromatic heterocycles. The van der Waals surface area contributed by atoms with E-state index < -0.39 is 26.7 Å². The summed E-state index contributed by atoms with van der Waals surface area (Å²) >= 11 is -2.21. The second-order valence-corrected chi connectivity index (χ2v) is 28.0. The first kappa shape index (κ1) is 30.5. The second-order valence-electron chi connectivity index (χ2n) is 10.6. The van der Waals surface area contributed by atoms with E-state index in [1.807, 2.05) is 0 Å². The van der Waals surface area contributed by atoms with Crippen molar-refractivity contribution in [3.63, 3.8) is 0 Å². The van der Waals surface area contributed by atoms with Crippen LogP contribution in [0.5, 0.6) is 0 Å². The molecule has 3 heteroatoms. The van der Waals surface area contributed by atoms with Gasteiger partial charge in [-0.1, -0.05) is 0 Å². The Kier molecular flexibility index (Phi) is 17.3. The monoisotopic (exact) mass is 544 g/mol. The van der Waals surface area contributed by atoms with Crippen molar-refractivity contribution in [1.29, 1.82) is 0 Å². The Labute approximate surface area is 196 Å². The van der Waals surface area contributed by atoms with Crippen molar-refractivity contribution in [1.82, 2.24) is 0 Å². The van der Waals surface area contributed by atoms with Gasteiger partial charge in [-0.3, -0.25) is 0 Å². The molecule has 30 heavy (non-hydrogen) atoms. The van der Waals surface area contributed by atoms with Crippen molar-refractivity contribution in [2.45, 2.75) is 143 Å². The van der Waals surface area contributed by atoms with Gasteiger partial charge in [0.2, 0.25) is 0 Å². The van der Waals surface area contributed by atoms with Gasteiger partial charge in [-0.15, -0.1) is 0 Å². The van der Waals surface area contributed by atoms with Crippen molar-refractivity contribution < 1.29 is 4.43 Å². The van der Waals surface area contributed by atoms with Crippen LogP contribution in [0.25, 0.3) is 0 Å². The second kappa shape index (κ2) is 17.0. The molecule has 0 fully saturated rings. The van der Waals surface area contributed by atoms with Crippen LogP contribution in [0.15, 0.2) is 22.8 Å². The first-order valence-corrected chi connectivity index (χ1v) is 24.3. The minimum atomic E-state index is -2.21. The number of unbranched alkanes of at least 4 members (excludes halogenated alkanes) is 6. The molecule has 0 amide bonds. The van der Waals surface area contributed by atoms with Crippen LogP contribution >= 0.6 is 0 Å². The van der Waals surface area contributed by atoms with Gasteiger partial charge in [0.15, 0.2) is 0 Å². The molecule has 0 aliphatic rings. The molecular weight excluding hydrogens is 487 g/mol. The fourth-order valence-electron chi connectivity index (χ4n) is 4.60. The van der Waals surface area contributed by atoms with Crippen LogP contribution in [0, 0.1) is 0 Å². The standard InChI is InChI=1S/C15H29OSi.3C4H9.Sn/c1-7-10-11-12-14-15(9-3,13-8-2)16-17(4,5)6;3*1-3-4-2;/h2,8-9H,3,7,10-14H2,1,4-6H3;3*1,3-4H2,2H3;. The van der Waals surface area contributed by atoms with Gasteiger partial charge in [-0.2, -0.15) is 0 Å². The van der Waals surface area contributed by atoms with Crippen molar-refractivity contribution in [2.24, 2.45) is 0 Å². The summed E-state index contributed by atoms with van der Waals surface area (Å²) in [6.07, 6.45) is 20.4. The van der Waals surface area contributed by atoms with E-state index in [2.05, 4.69) is 70.2 Å². The SMILES string of the molecule is C=CC(C/C=[CH]/[Sn]([CH2]CCC)([CH2]CCC)[CH2]CCC)(CCCCCC)O[Si](C)(C)C. The van der Waals surface area contributed by atoms with Gasteiger partial charge in [-0.05, 0) is 0 Å². The van der Waals surface area contributed by atoms with Crippen LogP contribution < -0.4 is 0 Å². The molecule has 0 aliphatic carbocycles. The molecule has 1 nitrogen and oxygen atoms in total. The summed E-state index contributed by atoms with van der Waals surface area (Å²) in [5.41, 5.74) is -0.146. The van der Waals surface area contributed by atoms with E-state index in [-0.39, 0.29) is 5.60 Å². The van der Waals surface area contributed by atoms with Gasteiger partial charge >= 0.3 is 197 Å². The predicted octanol–water partition coefficient (Wildman–Crippen LogP) is 10.1. The third-order valence-electron chi connectivity index (χ3n) is 6.35. The summed E-state index contributed by atoms with van der Waals surface area (Å²) in [5, 5.41) is 0. The molecule has 0 bridgehead atoms. The molecule has 1 atom stereocenters. The van der Waals surface area contributed by atoms with Gasteiger partial charge in [0.25, 0.3) is 0 Å². The number of rotatable bonds is 20.